The van der Waals surface area contributed by atoms with Crippen LogP contribution in [-0.2, 0) is 6.42 Å². The third kappa shape index (κ3) is 4.00. The van der Waals surface area contributed by atoms with Crippen LogP contribution in [0.4, 0.5) is 0 Å². The maximum absolute atomic E-state index is 13.5. The molecule has 1 aromatic heterocycles. The van der Waals surface area contributed by atoms with Crippen LogP contribution in [-0.4, -0.2) is 46.0 Å². The van der Waals surface area contributed by atoms with Gasteiger partial charge in [-0.25, -0.2) is 4.98 Å². The monoisotopic (exact) mass is 482 g/mol. The lowest BCUT2D eigenvalue weighted by molar-refractivity contribution is 0.0654. The molecule has 36 heavy (non-hydrogen) atoms. The number of benzene rings is 3. The number of hydrogen-bond donors (Lipinski definition) is 0. The molecule has 0 saturated heterocycles. The van der Waals surface area contributed by atoms with Gasteiger partial charge in [0.1, 0.15) is 17.3 Å². The van der Waals surface area contributed by atoms with Gasteiger partial charge >= 0.3 is 0 Å². The van der Waals surface area contributed by atoms with Crippen LogP contribution in [0.15, 0.2) is 71.5 Å². The third-order valence-corrected chi connectivity index (χ3v) is 6.06. The first kappa shape index (κ1) is 23.3. The van der Waals surface area contributed by atoms with Crippen molar-refractivity contribution in [3.05, 3.63) is 94.0 Å². The van der Waals surface area contributed by atoms with E-state index in [9.17, 15) is 14.4 Å². The Morgan fingerprint density at radius 2 is 1.64 bits per heavy atom. The molecular weight excluding hydrogens is 457 g/mol. The van der Waals surface area contributed by atoms with Gasteiger partial charge in [-0.15, -0.1) is 0 Å². The van der Waals surface area contributed by atoms with Crippen molar-refractivity contribution in [1.82, 2.24) is 14.5 Å². The van der Waals surface area contributed by atoms with Crippen molar-refractivity contribution in [3.8, 4) is 17.2 Å². The summed E-state index contributed by atoms with van der Waals surface area (Å²) < 4.78 is 12.5. The number of carbonyl (C=O) groups excluding carboxylic acids is 2. The second-order valence-corrected chi connectivity index (χ2v) is 8.74. The minimum absolute atomic E-state index is 0.0639. The molecule has 1 aliphatic heterocycles. The molecule has 8 nitrogen and oxygen atoms in total. The topological polar surface area (TPSA) is 90.7 Å². The number of hydrogen-bond acceptors (Lipinski definition) is 6. The van der Waals surface area contributed by atoms with Crippen molar-refractivity contribution in [1.29, 1.82) is 0 Å². The molecule has 0 radical (unpaired) electrons. The predicted octanol–water partition coefficient (Wildman–Crippen LogP) is 4.02. The molecule has 0 atom stereocenters. The van der Waals surface area contributed by atoms with Gasteiger partial charge in [0, 0.05) is 13.0 Å². The van der Waals surface area contributed by atoms with Gasteiger partial charge < -0.3 is 9.47 Å². The third-order valence-electron chi connectivity index (χ3n) is 6.06. The van der Waals surface area contributed by atoms with E-state index in [4.69, 9.17) is 14.5 Å². The number of aromatic nitrogens is 2. The highest BCUT2D eigenvalue weighted by molar-refractivity contribution is 6.22. The first-order chi connectivity index (χ1) is 17.4. The van der Waals surface area contributed by atoms with Gasteiger partial charge in [-0.2, -0.15) is 0 Å². The number of rotatable bonds is 7. The molecule has 182 valence electrons. The second kappa shape index (κ2) is 9.30. The summed E-state index contributed by atoms with van der Waals surface area (Å²) in [6, 6.07) is 19.2. The van der Waals surface area contributed by atoms with Gasteiger partial charge in [0.05, 0.1) is 40.9 Å². The van der Waals surface area contributed by atoms with E-state index in [1.807, 2.05) is 19.9 Å². The molecule has 5 rings (SSSR count). The fourth-order valence-corrected chi connectivity index (χ4v) is 4.41. The van der Waals surface area contributed by atoms with Crippen LogP contribution < -0.4 is 15.0 Å². The van der Waals surface area contributed by atoms with Crippen molar-refractivity contribution >= 4 is 22.7 Å². The summed E-state index contributed by atoms with van der Waals surface area (Å²) >= 11 is 0. The van der Waals surface area contributed by atoms with Crippen LogP contribution in [0.5, 0.6) is 11.5 Å². The molecule has 0 saturated carbocycles. The average Bonchev–Trinajstić information content (AvgIpc) is 3.12. The average molecular weight is 483 g/mol. The Morgan fingerprint density at radius 3 is 2.36 bits per heavy atom. The van der Waals surface area contributed by atoms with Gasteiger partial charge in [-0.1, -0.05) is 18.2 Å². The highest BCUT2D eigenvalue weighted by Crippen LogP contribution is 2.31. The molecule has 3 aromatic carbocycles. The molecule has 0 unspecified atom stereocenters. The summed E-state index contributed by atoms with van der Waals surface area (Å²) in [6.07, 6.45) is 0.0481. The molecule has 0 fully saturated rings. The van der Waals surface area contributed by atoms with E-state index in [2.05, 4.69) is 0 Å². The number of methoxy groups -OCH3 is 1. The Morgan fingerprint density at radius 1 is 0.889 bits per heavy atom. The molecule has 0 bridgehead atoms. The fourth-order valence-electron chi connectivity index (χ4n) is 4.41. The van der Waals surface area contributed by atoms with Crippen LogP contribution >= 0.6 is 0 Å². The van der Waals surface area contributed by atoms with Crippen molar-refractivity contribution in [2.75, 3.05) is 13.7 Å². The van der Waals surface area contributed by atoms with E-state index in [1.54, 1.807) is 67.8 Å². The van der Waals surface area contributed by atoms with E-state index in [0.29, 0.717) is 39.5 Å². The maximum atomic E-state index is 13.5. The highest BCUT2D eigenvalue weighted by Gasteiger charge is 2.38. The van der Waals surface area contributed by atoms with Crippen LogP contribution in [0, 0.1) is 0 Å². The van der Waals surface area contributed by atoms with Crippen molar-refractivity contribution in [2.45, 2.75) is 26.4 Å². The summed E-state index contributed by atoms with van der Waals surface area (Å²) in [5, 5.41) is 0.480. The minimum Gasteiger partial charge on any atom is -0.497 e. The number of ether oxygens (including phenoxy) is 2. The largest absolute Gasteiger partial charge is 0.497 e. The van der Waals surface area contributed by atoms with Crippen LogP contribution in [0.25, 0.3) is 16.6 Å². The molecular formula is C28H25N3O5. The second-order valence-electron chi connectivity index (χ2n) is 8.74. The molecule has 1 aliphatic rings. The maximum Gasteiger partial charge on any atom is 0.265 e. The Labute approximate surface area is 207 Å². The zero-order chi connectivity index (χ0) is 25.4. The number of para-hydroxylation sites is 1. The van der Waals surface area contributed by atoms with Gasteiger partial charge in [0.25, 0.3) is 17.4 Å². The number of carbonyl (C=O) groups is 2. The van der Waals surface area contributed by atoms with E-state index in [0.717, 1.165) is 0 Å². The van der Waals surface area contributed by atoms with Crippen molar-refractivity contribution in [3.63, 3.8) is 0 Å². The lowest BCUT2D eigenvalue weighted by atomic mass is 10.1. The van der Waals surface area contributed by atoms with E-state index < -0.39 is 5.91 Å². The standard InChI is InChI=1S/C28H25N3O5/c1-17(2)36-23-10-6-8-21-25(23)28(34)30(26(21)32)16-15-24-29-22-9-5-4-7-20(22)27(33)31(24)18-11-13-19(35-3)14-12-18/h4-14,17H,15-16H2,1-3H3/i3-1. The quantitative estimate of drug-likeness (QED) is 0.370. The summed E-state index contributed by atoms with van der Waals surface area (Å²) in [4.78, 5) is 45.8. The Bertz CT molecular complexity index is 1540. The minimum atomic E-state index is -0.412. The first-order valence-electron chi connectivity index (χ1n) is 11.7. The van der Waals surface area contributed by atoms with Crippen molar-refractivity contribution < 1.29 is 19.1 Å². The van der Waals surface area contributed by atoms with E-state index in [1.165, 1.54) is 9.47 Å². The SMILES string of the molecule is CC(C)Oc1cccc2c1C(=O)N(CCc1nc3ccccc3c(=O)n1-c1ccc(O[11CH3])cc1)C2=O. The number of fused-ring (bicyclic) bond motifs is 2. The number of amides is 2. The molecule has 0 spiro atoms. The van der Waals surface area contributed by atoms with E-state index >= 15 is 0 Å². The van der Waals surface area contributed by atoms with Crippen LogP contribution in [0.1, 0.15) is 40.4 Å². The predicted molar refractivity (Wildman–Crippen MR) is 135 cm³/mol. The lowest BCUT2D eigenvalue weighted by Crippen LogP contribution is -2.33. The molecule has 2 heterocycles. The summed E-state index contributed by atoms with van der Waals surface area (Å²) in [7, 11) is 1.57. The zero-order valence-corrected chi connectivity index (χ0v) is 20.2. The highest BCUT2D eigenvalue weighted by atomic mass is 16.5. The van der Waals surface area contributed by atoms with Crippen LogP contribution in [0.2, 0.25) is 0 Å². The van der Waals surface area contributed by atoms with Gasteiger partial charge in [-0.3, -0.25) is 23.9 Å². The zero-order valence-electron chi connectivity index (χ0n) is 20.2. The van der Waals surface area contributed by atoms with Gasteiger partial charge in [0.2, 0.25) is 0 Å². The Hall–Kier alpha value is -4.46. The summed E-state index contributed by atoms with van der Waals surface area (Å²) in [5.74, 6) is 0.697. The lowest BCUT2D eigenvalue weighted by Gasteiger charge is -2.17. The smallest absolute Gasteiger partial charge is 0.265 e. The summed E-state index contributed by atoms with van der Waals surface area (Å²) in [6.45, 7) is 3.79. The van der Waals surface area contributed by atoms with Crippen LogP contribution in [0.3, 0.4) is 0 Å². The Kier molecular flexibility index (Phi) is 6.01. The van der Waals surface area contributed by atoms with Gasteiger partial charge in [-0.05, 0) is 62.4 Å². The number of imide groups is 1. The van der Waals surface area contributed by atoms with Crippen molar-refractivity contribution in [2.24, 2.45) is 0 Å². The molecule has 0 aliphatic carbocycles. The molecule has 2 amide bonds. The molecule has 8 heteroatoms. The Balaban J connectivity index is 1.52. The first-order valence-corrected chi connectivity index (χ1v) is 11.7. The molecule has 4 aromatic rings. The van der Waals surface area contributed by atoms with Gasteiger partial charge in [0.15, 0.2) is 0 Å². The fraction of sp³-hybridized carbons (Fsp3) is 0.214. The molecule has 0 N–H and O–H groups in total. The number of nitrogens with zero attached hydrogens (tertiary/aromatic N) is 3. The summed E-state index contributed by atoms with van der Waals surface area (Å²) in [5.41, 5.74) is 1.53. The van der Waals surface area contributed by atoms with E-state index in [-0.39, 0.29) is 36.1 Å². The normalized spacial score (nSPS) is 12.9.